The zero-order valence-corrected chi connectivity index (χ0v) is 15.5. The normalized spacial score (nSPS) is 11.5. The summed E-state index contributed by atoms with van der Waals surface area (Å²) >= 11 is 11.9. The van der Waals surface area contributed by atoms with Gasteiger partial charge in [-0.15, -0.1) is 0 Å². The first-order valence-electron chi connectivity index (χ1n) is 7.83. The van der Waals surface area contributed by atoms with Gasteiger partial charge in [-0.2, -0.15) is 0 Å². The van der Waals surface area contributed by atoms with Crippen LogP contribution < -0.4 is 5.32 Å². The molecule has 0 bridgehead atoms. The fraction of sp³-hybridized carbons (Fsp3) is 0.211. The van der Waals surface area contributed by atoms with E-state index in [1.54, 1.807) is 6.07 Å². The van der Waals surface area contributed by atoms with Crippen LogP contribution >= 0.6 is 23.2 Å². The summed E-state index contributed by atoms with van der Waals surface area (Å²) in [7, 11) is 0. The maximum atomic E-state index is 12.1. The van der Waals surface area contributed by atoms with E-state index in [4.69, 9.17) is 27.9 Å². The van der Waals surface area contributed by atoms with Gasteiger partial charge >= 0.3 is 5.97 Å². The van der Waals surface area contributed by atoms with Crippen molar-refractivity contribution in [3.8, 4) is 0 Å². The van der Waals surface area contributed by atoms with Gasteiger partial charge in [0.25, 0.3) is 5.91 Å². The van der Waals surface area contributed by atoms with Crippen molar-refractivity contribution in [3.63, 3.8) is 0 Å². The molecule has 1 atom stereocenters. The highest BCUT2D eigenvalue weighted by Crippen LogP contribution is 2.24. The van der Waals surface area contributed by atoms with Crippen molar-refractivity contribution < 1.29 is 19.1 Å². The van der Waals surface area contributed by atoms with Crippen molar-refractivity contribution in [1.29, 1.82) is 0 Å². The molecule has 0 aliphatic carbocycles. The third-order valence-corrected chi connectivity index (χ3v) is 4.24. The highest BCUT2D eigenvalue weighted by atomic mass is 35.5. The van der Waals surface area contributed by atoms with Crippen LogP contribution in [0.4, 0.5) is 0 Å². The number of carbonyl (C=O) groups is 3. The Balaban J connectivity index is 1.94. The van der Waals surface area contributed by atoms with Gasteiger partial charge in [-0.3, -0.25) is 9.59 Å². The smallest absolute Gasteiger partial charge is 0.341 e. The van der Waals surface area contributed by atoms with Gasteiger partial charge in [-0.25, -0.2) is 4.79 Å². The van der Waals surface area contributed by atoms with Crippen LogP contribution in [0.5, 0.6) is 0 Å². The lowest BCUT2D eigenvalue weighted by molar-refractivity contribution is -0.128. The van der Waals surface area contributed by atoms with Crippen molar-refractivity contribution in [2.45, 2.75) is 19.4 Å². The largest absolute Gasteiger partial charge is 0.452 e. The fourth-order valence-corrected chi connectivity index (χ4v) is 2.83. The number of Topliss-reactive ketones (excluding diaryl/α,β-unsaturated/α-hetero) is 1. The number of nitrogens with one attached hydrogen (secondary N) is 1. The third-order valence-electron chi connectivity index (χ3n) is 3.61. The zero-order chi connectivity index (χ0) is 19.1. The first-order chi connectivity index (χ1) is 12.4. The molecular formula is C19H17Cl2NO4. The number of halogens is 2. The van der Waals surface area contributed by atoms with E-state index < -0.39 is 24.5 Å². The molecule has 0 aliphatic rings. The van der Waals surface area contributed by atoms with E-state index in [1.165, 1.54) is 19.1 Å². The molecule has 0 heterocycles. The second kappa shape index (κ2) is 9.36. The number of benzene rings is 2. The maximum Gasteiger partial charge on any atom is 0.341 e. The number of carbonyl (C=O) groups excluding carboxylic acids is 3. The molecule has 2 rings (SSSR count). The minimum atomic E-state index is -0.807. The van der Waals surface area contributed by atoms with Crippen LogP contribution in [0.2, 0.25) is 10.0 Å². The lowest BCUT2D eigenvalue weighted by Crippen LogP contribution is -2.43. The molecule has 26 heavy (non-hydrogen) atoms. The van der Waals surface area contributed by atoms with Gasteiger partial charge < -0.3 is 10.1 Å². The second-order valence-electron chi connectivity index (χ2n) is 5.59. The fourth-order valence-electron chi connectivity index (χ4n) is 2.28. The molecule has 0 radical (unpaired) electrons. The van der Waals surface area contributed by atoms with E-state index in [1.807, 2.05) is 30.3 Å². The van der Waals surface area contributed by atoms with Crippen LogP contribution in [0.25, 0.3) is 0 Å². The molecule has 0 aliphatic heterocycles. The molecule has 5 nitrogen and oxygen atoms in total. The minimum Gasteiger partial charge on any atom is -0.452 e. The molecule has 1 amide bonds. The highest BCUT2D eigenvalue weighted by molar-refractivity contribution is 6.39. The standard InChI is InChI=1S/C19H17Cl2NO4/c1-12(23)16(10-13-6-3-2-4-7-13)22-17(24)11-26-19(25)18-14(20)8-5-9-15(18)21/h2-9,16H,10-11H2,1H3,(H,22,24)/t16-/m1/s1. The van der Waals surface area contributed by atoms with Crippen LogP contribution in [0, 0.1) is 0 Å². The summed E-state index contributed by atoms with van der Waals surface area (Å²) in [5.74, 6) is -1.58. The van der Waals surface area contributed by atoms with Crippen molar-refractivity contribution in [2.24, 2.45) is 0 Å². The molecular weight excluding hydrogens is 377 g/mol. The molecule has 0 spiro atoms. The third kappa shape index (κ3) is 5.58. The predicted octanol–water partition coefficient (Wildman–Crippen LogP) is 3.47. The Labute approximate surface area is 161 Å². The SMILES string of the molecule is CC(=O)[C@@H](Cc1ccccc1)NC(=O)COC(=O)c1c(Cl)cccc1Cl. The Hall–Kier alpha value is -2.37. The Morgan fingerprint density at radius 2 is 1.62 bits per heavy atom. The second-order valence-corrected chi connectivity index (χ2v) is 6.41. The minimum absolute atomic E-state index is 0.00367. The quantitative estimate of drug-likeness (QED) is 0.730. The van der Waals surface area contributed by atoms with Gasteiger partial charge in [0.1, 0.15) is 0 Å². The first kappa shape index (κ1) is 19.9. The maximum absolute atomic E-state index is 12.1. The van der Waals surface area contributed by atoms with Crippen molar-refractivity contribution in [1.82, 2.24) is 5.32 Å². The highest BCUT2D eigenvalue weighted by Gasteiger charge is 2.20. The number of amides is 1. The lowest BCUT2D eigenvalue weighted by Gasteiger charge is -2.16. The molecule has 0 saturated heterocycles. The average molecular weight is 394 g/mol. The van der Waals surface area contributed by atoms with Crippen LogP contribution in [-0.4, -0.2) is 30.3 Å². The molecule has 2 aromatic rings. The summed E-state index contributed by atoms with van der Waals surface area (Å²) in [6, 6.07) is 13.2. The lowest BCUT2D eigenvalue weighted by atomic mass is 10.0. The van der Waals surface area contributed by atoms with Crippen molar-refractivity contribution in [2.75, 3.05) is 6.61 Å². The first-order valence-corrected chi connectivity index (χ1v) is 8.59. The number of ether oxygens (including phenoxy) is 1. The molecule has 0 saturated carbocycles. The Kier molecular flexibility index (Phi) is 7.18. The molecule has 2 aromatic carbocycles. The van der Waals surface area contributed by atoms with Crippen LogP contribution in [0.15, 0.2) is 48.5 Å². The molecule has 0 aromatic heterocycles. The number of ketones is 1. The number of esters is 1. The molecule has 7 heteroatoms. The topological polar surface area (TPSA) is 72.5 Å². The summed E-state index contributed by atoms with van der Waals surface area (Å²) in [6.07, 6.45) is 0.353. The van der Waals surface area contributed by atoms with Crippen LogP contribution in [0.3, 0.4) is 0 Å². The van der Waals surface area contributed by atoms with E-state index in [0.717, 1.165) is 5.56 Å². The van der Waals surface area contributed by atoms with Crippen LogP contribution in [-0.2, 0) is 20.7 Å². The van der Waals surface area contributed by atoms with Gasteiger partial charge in [0.05, 0.1) is 21.7 Å². The summed E-state index contributed by atoms with van der Waals surface area (Å²) in [5, 5.41) is 2.84. The predicted molar refractivity (Wildman–Crippen MR) is 99.5 cm³/mol. The molecule has 136 valence electrons. The summed E-state index contributed by atoms with van der Waals surface area (Å²) in [4.78, 5) is 35.9. The summed E-state index contributed by atoms with van der Waals surface area (Å²) in [6.45, 7) is 0.850. The number of rotatable bonds is 7. The Morgan fingerprint density at radius 1 is 1.00 bits per heavy atom. The van der Waals surface area contributed by atoms with Gasteiger partial charge in [-0.1, -0.05) is 59.6 Å². The average Bonchev–Trinajstić information content (AvgIpc) is 2.60. The molecule has 0 unspecified atom stereocenters. The van der Waals surface area contributed by atoms with E-state index >= 15 is 0 Å². The molecule has 1 N–H and O–H groups in total. The van der Waals surface area contributed by atoms with E-state index in [2.05, 4.69) is 5.32 Å². The van der Waals surface area contributed by atoms with Gasteiger partial charge in [0.2, 0.25) is 0 Å². The van der Waals surface area contributed by atoms with Crippen molar-refractivity contribution >= 4 is 40.9 Å². The zero-order valence-electron chi connectivity index (χ0n) is 14.0. The van der Waals surface area contributed by atoms with E-state index in [0.29, 0.717) is 6.42 Å². The van der Waals surface area contributed by atoms with E-state index in [9.17, 15) is 14.4 Å². The summed E-state index contributed by atoms with van der Waals surface area (Å²) in [5.41, 5.74) is 0.906. The Morgan fingerprint density at radius 3 is 2.19 bits per heavy atom. The van der Waals surface area contributed by atoms with Crippen LogP contribution in [0.1, 0.15) is 22.8 Å². The summed E-state index contributed by atoms with van der Waals surface area (Å²) < 4.78 is 4.95. The Bertz CT molecular complexity index is 788. The van der Waals surface area contributed by atoms with Gasteiger partial charge in [0, 0.05) is 0 Å². The number of hydrogen-bond donors (Lipinski definition) is 1. The monoisotopic (exact) mass is 393 g/mol. The van der Waals surface area contributed by atoms with Gasteiger partial charge in [-0.05, 0) is 31.0 Å². The molecule has 0 fully saturated rings. The van der Waals surface area contributed by atoms with E-state index in [-0.39, 0.29) is 21.4 Å². The van der Waals surface area contributed by atoms with Gasteiger partial charge in [0.15, 0.2) is 12.4 Å². The number of hydrogen-bond acceptors (Lipinski definition) is 4. The van der Waals surface area contributed by atoms with Crippen molar-refractivity contribution in [3.05, 3.63) is 69.7 Å².